The largest absolute Gasteiger partial charge is 0.347 e. The fraction of sp³-hybridized carbons (Fsp3) is 0.480. The summed E-state index contributed by atoms with van der Waals surface area (Å²) in [5, 5.41) is 2.52. The molecule has 7 nitrogen and oxygen atoms in total. The van der Waals surface area contributed by atoms with E-state index in [4.69, 9.17) is 11.6 Å². The van der Waals surface area contributed by atoms with Crippen molar-refractivity contribution in [1.29, 1.82) is 0 Å². The molecule has 11 heteroatoms. The normalized spacial score (nSPS) is 20.9. The summed E-state index contributed by atoms with van der Waals surface area (Å²) >= 11 is 5.70. The van der Waals surface area contributed by atoms with Crippen molar-refractivity contribution >= 4 is 33.3 Å². The van der Waals surface area contributed by atoms with Crippen LogP contribution in [0.2, 0.25) is 5.02 Å². The van der Waals surface area contributed by atoms with Gasteiger partial charge in [0.05, 0.1) is 27.3 Å². The van der Waals surface area contributed by atoms with E-state index in [0.717, 1.165) is 25.0 Å². The van der Waals surface area contributed by atoms with Gasteiger partial charge in [-0.2, -0.15) is 0 Å². The summed E-state index contributed by atoms with van der Waals surface area (Å²) in [6, 6.07) is 1.38. The summed E-state index contributed by atoms with van der Waals surface area (Å²) in [7, 11) is -3.57. The number of nitrogens with zero attached hydrogens (tertiary/aromatic N) is 2. The average molecular weight is 540 g/mol. The Morgan fingerprint density at radius 1 is 1.11 bits per heavy atom. The van der Waals surface area contributed by atoms with Gasteiger partial charge in [-0.3, -0.25) is 14.6 Å². The molecule has 1 aliphatic carbocycles. The molecule has 1 aromatic heterocycles. The Kier molecular flexibility index (Phi) is 7.66. The van der Waals surface area contributed by atoms with E-state index in [9.17, 15) is 26.8 Å². The molecule has 3 atom stereocenters. The highest BCUT2D eigenvalue weighted by atomic mass is 35.5. The standard InChI is InChI=1S/C25H28ClF2N3O4S/c1-3-16-7-8-22(31(16)25(33)15-9-17(13-29-12-15)36(34,35)4-2)24(32)30-23(14-5-6-14)18-10-21(28)19(26)11-20(18)27/h9-14,16,22-23H,3-8H2,1-2H3,(H,30,32)/t16-,22-,23?/m1/s1. The maximum atomic E-state index is 14.7. The summed E-state index contributed by atoms with van der Waals surface area (Å²) in [6.45, 7) is 3.41. The van der Waals surface area contributed by atoms with E-state index in [2.05, 4.69) is 10.3 Å². The summed E-state index contributed by atoms with van der Waals surface area (Å²) in [4.78, 5) is 32.3. The number of amides is 2. The molecule has 1 saturated carbocycles. The molecule has 1 unspecified atom stereocenters. The van der Waals surface area contributed by atoms with Gasteiger partial charge in [-0.05, 0) is 56.2 Å². The van der Waals surface area contributed by atoms with E-state index in [1.165, 1.54) is 30.3 Å². The van der Waals surface area contributed by atoms with Crippen molar-refractivity contribution in [2.24, 2.45) is 5.92 Å². The summed E-state index contributed by atoms with van der Waals surface area (Å²) in [5.74, 6) is -2.61. The van der Waals surface area contributed by atoms with Gasteiger partial charge in [-0.15, -0.1) is 0 Å². The van der Waals surface area contributed by atoms with E-state index < -0.39 is 45.4 Å². The van der Waals surface area contributed by atoms with Crippen molar-refractivity contribution in [3.63, 3.8) is 0 Å². The molecule has 1 aromatic carbocycles. The van der Waals surface area contributed by atoms with Crippen LogP contribution in [-0.4, -0.2) is 48.0 Å². The van der Waals surface area contributed by atoms with Gasteiger partial charge in [-0.25, -0.2) is 17.2 Å². The Balaban J connectivity index is 1.61. The lowest BCUT2D eigenvalue weighted by Gasteiger charge is -2.31. The van der Waals surface area contributed by atoms with Crippen LogP contribution in [0.15, 0.2) is 35.5 Å². The smallest absolute Gasteiger partial charge is 0.256 e. The third kappa shape index (κ3) is 5.25. The van der Waals surface area contributed by atoms with Crippen LogP contribution < -0.4 is 5.32 Å². The SMILES string of the molecule is CC[C@@H]1CC[C@H](C(=O)NC(c2cc(F)c(Cl)cc2F)C2CC2)N1C(=O)c1cncc(S(=O)(=O)CC)c1. The first-order valence-corrected chi connectivity index (χ1v) is 14.1. The number of carbonyl (C=O) groups is 2. The van der Waals surface area contributed by atoms with Gasteiger partial charge < -0.3 is 10.2 Å². The molecule has 1 saturated heterocycles. The van der Waals surface area contributed by atoms with Crippen molar-refractivity contribution in [2.45, 2.75) is 69.0 Å². The molecule has 2 heterocycles. The highest BCUT2D eigenvalue weighted by Gasteiger charge is 2.43. The molecule has 0 radical (unpaired) electrons. The minimum atomic E-state index is -3.57. The topological polar surface area (TPSA) is 96.4 Å². The van der Waals surface area contributed by atoms with Gasteiger partial charge >= 0.3 is 0 Å². The van der Waals surface area contributed by atoms with Gasteiger partial charge in [0.25, 0.3) is 5.91 Å². The van der Waals surface area contributed by atoms with Crippen LogP contribution in [0.1, 0.15) is 67.9 Å². The second kappa shape index (κ2) is 10.4. The predicted octanol–water partition coefficient (Wildman–Crippen LogP) is 4.46. The van der Waals surface area contributed by atoms with E-state index in [-0.39, 0.29) is 38.8 Å². The van der Waals surface area contributed by atoms with Crippen LogP contribution >= 0.6 is 11.6 Å². The Labute approximate surface area is 214 Å². The Morgan fingerprint density at radius 2 is 1.83 bits per heavy atom. The van der Waals surface area contributed by atoms with Crippen LogP contribution in [0, 0.1) is 17.6 Å². The molecule has 2 aromatic rings. The number of rotatable bonds is 8. The first-order chi connectivity index (χ1) is 17.1. The number of halogens is 3. The first-order valence-electron chi connectivity index (χ1n) is 12.0. The van der Waals surface area contributed by atoms with E-state index in [0.29, 0.717) is 19.3 Å². The van der Waals surface area contributed by atoms with Crippen molar-refractivity contribution in [3.8, 4) is 0 Å². The molecule has 36 heavy (non-hydrogen) atoms. The maximum Gasteiger partial charge on any atom is 0.256 e. The molecular weight excluding hydrogens is 512 g/mol. The number of nitrogens with one attached hydrogen (secondary N) is 1. The number of hydrogen-bond donors (Lipinski definition) is 1. The highest BCUT2D eigenvalue weighted by Crippen LogP contribution is 2.43. The fourth-order valence-electron chi connectivity index (χ4n) is 4.77. The zero-order valence-electron chi connectivity index (χ0n) is 20.0. The van der Waals surface area contributed by atoms with Crippen molar-refractivity contribution in [2.75, 3.05) is 5.75 Å². The number of sulfone groups is 1. The Bertz CT molecular complexity index is 1290. The van der Waals surface area contributed by atoms with Crippen molar-refractivity contribution < 1.29 is 26.8 Å². The second-order valence-corrected chi connectivity index (χ2v) is 12.0. The minimum absolute atomic E-state index is 0.0253. The molecule has 4 rings (SSSR count). The van der Waals surface area contributed by atoms with Gasteiger partial charge in [0.1, 0.15) is 17.7 Å². The zero-order chi connectivity index (χ0) is 26.2. The maximum absolute atomic E-state index is 14.7. The lowest BCUT2D eigenvalue weighted by Crippen LogP contribution is -2.49. The zero-order valence-corrected chi connectivity index (χ0v) is 21.6. The molecule has 194 valence electrons. The molecular formula is C25H28ClF2N3O4S. The lowest BCUT2D eigenvalue weighted by molar-refractivity contribution is -0.126. The quantitative estimate of drug-likeness (QED) is 0.500. The van der Waals surface area contributed by atoms with Gasteiger partial charge in [0.15, 0.2) is 9.84 Å². The number of benzene rings is 1. The number of likely N-dealkylation sites (tertiary alicyclic amines) is 1. The van der Waals surface area contributed by atoms with Crippen molar-refractivity contribution in [1.82, 2.24) is 15.2 Å². The number of aromatic nitrogens is 1. The van der Waals surface area contributed by atoms with E-state index in [1.807, 2.05) is 6.92 Å². The average Bonchev–Trinajstić information content (AvgIpc) is 3.62. The minimum Gasteiger partial charge on any atom is -0.347 e. The van der Waals surface area contributed by atoms with Gasteiger partial charge in [0.2, 0.25) is 5.91 Å². The predicted molar refractivity (Wildman–Crippen MR) is 130 cm³/mol. The summed E-state index contributed by atoms with van der Waals surface area (Å²) < 4.78 is 53.4. The third-order valence-corrected chi connectivity index (χ3v) is 8.97. The monoisotopic (exact) mass is 539 g/mol. The van der Waals surface area contributed by atoms with Crippen LogP contribution in [0.25, 0.3) is 0 Å². The van der Waals surface area contributed by atoms with Gasteiger partial charge in [0, 0.05) is 24.0 Å². The molecule has 0 spiro atoms. The second-order valence-electron chi connectivity index (χ2n) is 9.29. The van der Waals surface area contributed by atoms with Crippen LogP contribution in [0.4, 0.5) is 8.78 Å². The van der Waals surface area contributed by atoms with E-state index in [1.54, 1.807) is 0 Å². The lowest BCUT2D eigenvalue weighted by atomic mass is 10.0. The highest BCUT2D eigenvalue weighted by molar-refractivity contribution is 7.91. The molecule has 1 N–H and O–H groups in total. The number of carbonyl (C=O) groups excluding carboxylic acids is 2. The third-order valence-electron chi connectivity index (χ3n) is 6.98. The van der Waals surface area contributed by atoms with Crippen molar-refractivity contribution in [3.05, 3.63) is 58.4 Å². The fourth-order valence-corrected chi connectivity index (χ4v) is 5.79. The molecule has 1 aliphatic heterocycles. The molecule has 2 aliphatic rings. The molecule has 2 amide bonds. The first kappa shape index (κ1) is 26.5. The Morgan fingerprint density at radius 3 is 2.47 bits per heavy atom. The van der Waals surface area contributed by atoms with Crippen LogP contribution in [0.3, 0.4) is 0 Å². The van der Waals surface area contributed by atoms with Gasteiger partial charge in [-0.1, -0.05) is 25.4 Å². The van der Waals surface area contributed by atoms with Crippen LogP contribution in [-0.2, 0) is 14.6 Å². The molecule has 2 fully saturated rings. The number of pyridine rings is 1. The van der Waals surface area contributed by atoms with E-state index >= 15 is 0 Å². The number of hydrogen-bond acceptors (Lipinski definition) is 5. The van der Waals surface area contributed by atoms with Crippen LogP contribution in [0.5, 0.6) is 0 Å². The summed E-state index contributed by atoms with van der Waals surface area (Å²) in [6.07, 6.45) is 5.56. The summed E-state index contributed by atoms with van der Waals surface area (Å²) in [5.41, 5.74) is 0.101. The molecule has 0 bridgehead atoms. The Hall–Kier alpha value is -2.59.